The van der Waals surface area contributed by atoms with Crippen LogP contribution in [0.25, 0.3) is 0 Å². The monoisotopic (exact) mass is 271 g/mol. The van der Waals surface area contributed by atoms with Gasteiger partial charge in [0.25, 0.3) is 0 Å². The molecule has 5 heteroatoms. The minimum absolute atomic E-state index is 0.0501. The number of rotatable bonds is 6. The largest absolute Gasteiger partial charge is 0.392 e. The Morgan fingerprint density at radius 1 is 1.33 bits per heavy atom. The highest BCUT2D eigenvalue weighted by atomic mass is 32.2. The van der Waals surface area contributed by atoms with Gasteiger partial charge in [-0.3, -0.25) is 0 Å². The molecule has 0 spiro atoms. The summed E-state index contributed by atoms with van der Waals surface area (Å²) in [5, 5.41) is 9.66. The van der Waals surface area contributed by atoms with Gasteiger partial charge >= 0.3 is 0 Å². The quantitative estimate of drug-likeness (QED) is 0.827. The lowest BCUT2D eigenvalue weighted by atomic mass is 10.1. The molecule has 18 heavy (non-hydrogen) atoms. The molecule has 0 aliphatic rings. The normalized spacial score (nSPS) is 13.8. The first kappa shape index (κ1) is 15.1. The summed E-state index contributed by atoms with van der Waals surface area (Å²) < 4.78 is 26.3. The van der Waals surface area contributed by atoms with E-state index in [0.29, 0.717) is 12.3 Å². The number of hydrogen-bond acceptors (Lipinski definition) is 3. The van der Waals surface area contributed by atoms with Crippen LogP contribution in [0.4, 0.5) is 0 Å². The van der Waals surface area contributed by atoms with E-state index in [0.717, 1.165) is 5.56 Å². The van der Waals surface area contributed by atoms with Crippen LogP contribution in [0.1, 0.15) is 25.8 Å². The molecule has 1 rings (SSSR count). The SMILES string of the molecule is Cc1cccc(S(=O)(=O)NCC(O)CC(C)C)c1. The highest BCUT2D eigenvalue weighted by molar-refractivity contribution is 7.89. The van der Waals surface area contributed by atoms with Crippen LogP contribution < -0.4 is 4.72 Å². The van der Waals surface area contributed by atoms with Crippen molar-refractivity contribution >= 4 is 10.0 Å². The van der Waals surface area contributed by atoms with Crippen molar-refractivity contribution < 1.29 is 13.5 Å². The van der Waals surface area contributed by atoms with Crippen molar-refractivity contribution in [1.82, 2.24) is 4.72 Å². The van der Waals surface area contributed by atoms with E-state index in [9.17, 15) is 13.5 Å². The zero-order chi connectivity index (χ0) is 13.8. The Labute approximate surface area is 109 Å². The van der Waals surface area contributed by atoms with Crippen LogP contribution in [-0.4, -0.2) is 26.2 Å². The number of nitrogens with one attached hydrogen (secondary N) is 1. The second-order valence-electron chi connectivity index (χ2n) is 4.95. The van der Waals surface area contributed by atoms with Gasteiger partial charge in [0.2, 0.25) is 10.0 Å². The predicted octanol–water partition coefficient (Wildman–Crippen LogP) is 1.68. The lowest BCUT2D eigenvalue weighted by Crippen LogP contribution is -2.32. The molecule has 0 saturated carbocycles. The minimum Gasteiger partial charge on any atom is -0.392 e. The van der Waals surface area contributed by atoms with Gasteiger partial charge in [0.1, 0.15) is 0 Å². The van der Waals surface area contributed by atoms with E-state index >= 15 is 0 Å². The first-order valence-corrected chi connectivity index (χ1v) is 7.54. The molecule has 1 aromatic carbocycles. The van der Waals surface area contributed by atoms with Crippen LogP contribution in [0.2, 0.25) is 0 Å². The summed E-state index contributed by atoms with van der Waals surface area (Å²) in [7, 11) is -3.52. The lowest BCUT2D eigenvalue weighted by molar-refractivity contribution is 0.152. The molecular formula is C13H21NO3S. The molecule has 0 saturated heterocycles. The maximum atomic E-state index is 12.0. The zero-order valence-electron chi connectivity index (χ0n) is 11.1. The van der Waals surface area contributed by atoms with E-state index in [1.54, 1.807) is 18.2 Å². The standard InChI is InChI=1S/C13H21NO3S/c1-10(2)7-12(15)9-14-18(16,17)13-6-4-5-11(3)8-13/h4-6,8,10,12,14-15H,7,9H2,1-3H3. The Hall–Kier alpha value is -0.910. The average Bonchev–Trinajstić information content (AvgIpc) is 2.26. The van der Waals surface area contributed by atoms with Gasteiger partial charge in [0, 0.05) is 6.54 Å². The minimum atomic E-state index is -3.52. The topological polar surface area (TPSA) is 66.4 Å². The first-order valence-electron chi connectivity index (χ1n) is 6.05. The molecule has 0 bridgehead atoms. The van der Waals surface area contributed by atoms with Crippen molar-refractivity contribution in [2.75, 3.05) is 6.54 Å². The third kappa shape index (κ3) is 4.76. The van der Waals surface area contributed by atoms with E-state index in [1.807, 2.05) is 26.8 Å². The van der Waals surface area contributed by atoms with E-state index in [1.165, 1.54) is 0 Å². The zero-order valence-corrected chi connectivity index (χ0v) is 11.9. The second-order valence-corrected chi connectivity index (χ2v) is 6.72. The van der Waals surface area contributed by atoms with Crippen molar-refractivity contribution in [1.29, 1.82) is 0 Å². The highest BCUT2D eigenvalue weighted by Gasteiger charge is 2.16. The van der Waals surface area contributed by atoms with Gasteiger partial charge in [-0.15, -0.1) is 0 Å². The fourth-order valence-corrected chi connectivity index (χ4v) is 2.88. The Bertz CT molecular complexity index is 483. The van der Waals surface area contributed by atoms with Crippen LogP contribution in [-0.2, 0) is 10.0 Å². The molecule has 0 aliphatic heterocycles. The van der Waals surface area contributed by atoms with Gasteiger partial charge in [-0.1, -0.05) is 26.0 Å². The average molecular weight is 271 g/mol. The van der Waals surface area contributed by atoms with Crippen molar-refractivity contribution in [2.24, 2.45) is 5.92 Å². The summed E-state index contributed by atoms with van der Waals surface area (Å²) in [6, 6.07) is 6.70. The molecule has 0 radical (unpaired) electrons. The smallest absolute Gasteiger partial charge is 0.240 e. The van der Waals surface area contributed by atoms with Crippen molar-refractivity contribution in [2.45, 2.75) is 38.2 Å². The Morgan fingerprint density at radius 3 is 2.56 bits per heavy atom. The van der Waals surface area contributed by atoms with E-state index in [2.05, 4.69) is 4.72 Å². The van der Waals surface area contributed by atoms with Crippen LogP contribution in [0.15, 0.2) is 29.2 Å². The molecule has 0 aromatic heterocycles. The molecule has 0 amide bonds. The first-order chi connectivity index (χ1) is 8.31. The number of sulfonamides is 1. The summed E-state index contributed by atoms with van der Waals surface area (Å²) in [6.07, 6.45) is -0.0688. The molecule has 4 nitrogen and oxygen atoms in total. The molecule has 102 valence electrons. The van der Waals surface area contributed by atoms with Gasteiger partial charge in [-0.25, -0.2) is 13.1 Å². The van der Waals surface area contributed by atoms with E-state index in [4.69, 9.17) is 0 Å². The van der Waals surface area contributed by atoms with Gasteiger partial charge in [-0.05, 0) is 37.0 Å². The third-order valence-electron chi connectivity index (χ3n) is 2.55. The van der Waals surface area contributed by atoms with Gasteiger partial charge in [0.15, 0.2) is 0 Å². The van der Waals surface area contributed by atoms with E-state index in [-0.39, 0.29) is 11.4 Å². The maximum absolute atomic E-state index is 12.0. The molecule has 0 aliphatic carbocycles. The lowest BCUT2D eigenvalue weighted by Gasteiger charge is -2.14. The number of aliphatic hydroxyl groups is 1. The highest BCUT2D eigenvalue weighted by Crippen LogP contribution is 2.11. The Kier molecular flexibility index (Phi) is 5.31. The van der Waals surface area contributed by atoms with Crippen LogP contribution in [0.5, 0.6) is 0 Å². The number of benzene rings is 1. The van der Waals surface area contributed by atoms with Crippen molar-refractivity contribution in [3.8, 4) is 0 Å². The number of hydrogen-bond donors (Lipinski definition) is 2. The van der Waals surface area contributed by atoms with Crippen LogP contribution in [0.3, 0.4) is 0 Å². The molecular weight excluding hydrogens is 250 g/mol. The summed E-state index contributed by atoms with van der Waals surface area (Å²) in [4.78, 5) is 0.235. The van der Waals surface area contributed by atoms with Gasteiger partial charge < -0.3 is 5.11 Å². The Balaban J connectivity index is 2.66. The fourth-order valence-electron chi connectivity index (χ4n) is 1.70. The molecule has 1 aromatic rings. The van der Waals surface area contributed by atoms with Crippen molar-refractivity contribution in [3.05, 3.63) is 29.8 Å². The number of aliphatic hydroxyl groups excluding tert-OH is 1. The Morgan fingerprint density at radius 2 is 2.00 bits per heavy atom. The summed E-state index contributed by atoms with van der Waals surface area (Å²) >= 11 is 0. The maximum Gasteiger partial charge on any atom is 0.240 e. The summed E-state index contributed by atoms with van der Waals surface area (Å²) in [6.45, 7) is 5.86. The molecule has 2 N–H and O–H groups in total. The number of aryl methyl sites for hydroxylation is 1. The van der Waals surface area contributed by atoms with Gasteiger partial charge in [-0.2, -0.15) is 0 Å². The molecule has 0 fully saturated rings. The van der Waals surface area contributed by atoms with Crippen LogP contribution in [0, 0.1) is 12.8 Å². The summed E-state index contributed by atoms with van der Waals surface area (Å²) in [5.41, 5.74) is 0.889. The predicted molar refractivity (Wildman–Crippen MR) is 71.8 cm³/mol. The third-order valence-corrected chi connectivity index (χ3v) is 3.97. The molecule has 1 unspecified atom stereocenters. The van der Waals surface area contributed by atoms with Crippen molar-refractivity contribution in [3.63, 3.8) is 0 Å². The fraction of sp³-hybridized carbons (Fsp3) is 0.538. The van der Waals surface area contributed by atoms with E-state index < -0.39 is 16.1 Å². The summed E-state index contributed by atoms with van der Waals surface area (Å²) in [5.74, 6) is 0.337. The molecule has 1 atom stereocenters. The van der Waals surface area contributed by atoms with Gasteiger partial charge in [0.05, 0.1) is 11.0 Å². The second kappa shape index (κ2) is 6.31. The molecule has 0 heterocycles. The van der Waals surface area contributed by atoms with Crippen LogP contribution >= 0.6 is 0 Å².